The van der Waals surface area contributed by atoms with Gasteiger partial charge in [-0.25, -0.2) is 22.8 Å². The summed E-state index contributed by atoms with van der Waals surface area (Å²) in [6.07, 6.45) is 2.55. The molecule has 182 valence electrons. The highest BCUT2D eigenvalue weighted by atomic mass is 19.1. The number of fused-ring (bicyclic) bond motifs is 1. The van der Waals surface area contributed by atoms with Crippen molar-refractivity contribution in [3.8, 4) is 16.9 Å². The molecule has 3 heterocycles. The number of benzene rings is 2. The van der Waals surface area contributed by atoms with Gasteiger partial charge in [-0.05, 0) is 43.7 Å². The van der Waals surface area contributed by atoms with Crippen molar-refractivity contribution < 1.29 is 22.5 Å². The van der Waals surface area contributed by atoms with E-state index in [1.54, 1.807) is 6.92 Å². The monoisotopic (exact) mass is 493 g/mol. The highest BCUT2D eigenvalue weighted by Crippen LogP contribution is 2.27. The first-order valence-electron chi connectivity index (χ1n) is 11.0. The van der Waals surface area contributed by atoms with Crippen LogP contribution in [0, 0.1) is 24.4 Å². The minimum Gasteiger partial charge on any atom is -0.364 e. The van der Waals surface area contributed by atoms with Crippen LogP contribution in [0.4, 0.5) is 13.2 Å². The van der Waals surface area contributed by atoms with Gasteiger partial charge in [0.1, 0.15) is 34.8 Å². The van der Waals surface area contributed by atoms with Crippen molar-refractivity contribution in [3.05, 3.63) is 93.5 Å². The molecule has 0 fully saturated rings. The predicted octanol–water partition coefficient (Wildman–Crippen LogP) is 4.41. The lowest BCUT2D eigenvalue weighted by Gasteiger charge is -2.13. The maximum absolute atomic E-state index is 14.9. The number of rotatable bonds is 6. The van der Waals surface area contributed by atoms with Crippen LogP contribution in [0.1, 0.15) is 28.5 Å². The molecule has 0 atom stereocenters. The number of hydrogen-bond acceptors (Lipinski definition) is 6. The summed E-state index contributed by atoms with van der Waals surface area (Å²) >= 11 is 0. The van der Waals surface area contributed by atoms with E-state index in [9.17, 15) is 22.8 Å². The molecular weight excluding hydrogens is 475 g/mol. The van der Waals surface area contributed by atoms with Gasteiger partial charge >= 0.3 is 0 Å². The number of ketones is 1. The fourth-order valence-electron chi connectivity index (χ4n) is 4.04. The fraction of sp³-hybridized carbons (Fsp3) is 0.160. The van der Waals surface area contributed by atoms with E-state index in [0.717, 1.165) is 16.8 Å². The van der Waals surface area contributed by atoms with Gasteiger partial charge in [0, 0.05) is 29.8 Å². The lowest BCUT2D eigenvalue weighted by atomic mass is 9.98. The molecule has 0 aliphatic rings. The Morgan fingerprint density at radius 3 is 2.58 bits per heavy atom. The first kappa shape index (κ1) is 23.2. The van der Waals surface area contributed by atoms with Gasteiger partial charge in [0.25, 0.3) is 5.56 Å². The van der Waals surface area contributed by atoms with Gasteiger partial charge < -0.3 is 4.52 Å². The normalized spacial score (nSPS) is 11.4. The van der Waals surface area contributed by atoms with Crippen molar-refractivity contribution in [2.24, 2.45) is 0 Å². The standard InChI is InChI=1S/C25H18F3N5O3/c1-3-32-24-20(12-29-33(24)21-5-4-15(26)10-19(21)28)30-23(25(32)35)17-8-14(9-18(27)13(17)2)22(34)11-16-6-7-36-31-16/h4-10,12H,3,11H2,1-2H3. The first-order chi connectivity index (χ1) is 17.3. The fourth-order valence-corrected chi connectivity index (χ4v) is 4.04. The van der Waals surface area contributed by atoms with Crippen LogP contribution in [0.25, 0.3) is 28.1 Å². The molecular formula is C25H18F3N5O3. The van der Waals surface area contributed by atoms with Gasteiger partial charge in [-0.1, -0.05) is 5.16 Å². The summed E-state index contributed by atoms with van der Waals surface area (Å²) in [5.74, 6) is -2.71. The molecule has 11 heteroatoms. The topological polar surface area (TPSA) is 95.8 Å². The molecule has 5 rings (SSSR count). The van der Waals surface area contributed by atoms with Crippen molar-refractivity contribution in [1.29, 1.82) is 0 Å². The Hall–Kier alpha value is -4.54. The smallest absolute Gasteiger partial charge is 0.278 e. The van der Waals surface area contributed by atoms with E-state index < -0.39 is 28.8 Å². The van der Waals surface area contributed by atoms with E-state index >= 15 is 0 Å². The number of halogens is 3. The number of aryl methyl sites for hydroxylation is 1. The average molecular weight is 493 g/mol. The third kappa shape index (κ3) is 3.88. The summed E-state index contributed by atoms with van der Waals surface area (Å²) in [6, 6.07) is 7.05. The van der Waals surface area contributed by atoms with Crippen LogP contribution >= 0.6 is 0 Å². The predicted molar refractivity (Wildman–Crippen MR) is 123 cm³/mol. The third-order valence-electron chi connectivity index (χ3n) is 5.87. The van der Waals surface area contributed by atoms with Crippen LogP contribution in [-0.2, 0) is 13.0 Å². The number of nitrogens with zero attached hydrogens (tertiary/aromatic N) is 5. The van der Waals surface area contributed by atoms with Crippen LogP contribution in [0.3, 0.4) is 0 Å². The summed E-state index contributed by atoms with van der Waals surface area (Å²) in [4.78, 5) is 30.7. The zero-order chi connectivity index (χ0) is 25.6. The second kappa shape index (κ2) is 8.91. The van der Waals surface area contributed by atoms with E-state index in [0.29, 0.717) is 11.8 Å². The Kier molecular flexibility index (Phi) is 5.75. The number of Topliss-reactive ketones (excluding diaryl/α,β-unsaturated/α-hetero) is 1. The van der Waals surface area contributed by atoms with Crippen molar-refractivity contribution in [1.82, 2.24) is 24.5 Å². The summed E-state index contributed by atoms with van der Waals surface area (Å²) in [6.45, 7) is 3.34. The van der Waals surface area contributed by atoms with E-state index in [2.05, 4.69) is 15.2 Å². The number of carbonyl (C=O) groups is 1. The van der Waals surface area contributed by atoms with Gasteiger partial charge in [-0.2, -0.15) is 5.10 Å². The van der Waals surface area contributed by atoms with Crippen molar-refractivity contribution in [2.45, 2.75) is 26.8 Å². The second-order valence-electron chi connectivity index (χ2n) is 8.09. The summed E-state index contributed by atoms with van der Waals surface area (Å²) in [5.41, 5.74) is 0.395. The Balaban J connectivity index is 1.68. The molecule has 2 aromatic carbocycles. The Bertz CT molecular complexity index is 1690. The maximum atomic E-state index is 14.9. The van der Waals surface area contributed by atoms with Gasteiger partial charge in [-0.3, -0.25) is 14.2 Å². The minimum atomic E-state index is -0.865. The third-order valence-corrected chi connectivity index (χ3v) is 5.87. The zero-order valence-electron chi connectivity index (χ0n) is 19.1. The number of carbonyl (C=O) groups excluding carboxylic acids is 1. The molecule has 0 amide bonds. The molecule has 5 aromatic rings. The maximum Gasteiger partial charge on any atom is 0.278 e. The molecule has 8 nitrogen and oxygen atoms in total. The molecule has 0 unspecified atom stereocenters. The molecule has 0 saturated carbocycles. The quantitative estimate of drug-likeness (QED) is 0.325. The first-order valence-corrected chi connectivity index (χ1v) is 11.0. The second-order valence-corrected chi connectivity index (χ2v) is 8.09. The Morgan fingerprint density at radius 2 is 1.89 bits per heavy atom. The molecule has 0 bridgehead atoms. The van der Waals surface area contributed by atoms with Crippen LogP contribution < -0.4 is 5.56 Å². The largest absolute Gasteiger partial charge is 0.364 e. The summed E-state index contributed by atoms with van der Waals surface area (Å²) in [5, 5.41) is 7.86. The van der Waals surface area contributed by atoms with Crippen molar-refractivity contribution in [2.75, 3.05) is 0 Å². The molecule has 0 aliphatic carbocycles. The van der Waals surface area contributed by atoms with Gasteiger partial charge in [-0.15, -0.1) is 0 Å². The highest BCUT2D eigenvalue weighted by molar-refractivity contribution is 5.98. The molecule has 0 radical (unpaired) electrons. The molecule has 36 heavy (non-hydrogen) atoms. The van der Waals surface area contributed by atoms with Gasteiger partial charge in [0.2, 0.25) is 0 Å². The van der Waals surface area contributed by atoms with Gasteiger partial charge in [0.15, 0.2) is 17.2 Å². The molecule has 0 N–H and O–H groups in total. The number of aromatic nitrogens is 5. The van der Waals surface area contributed by atoms with E-state index in [1.165, 1.54) is 42.1 Å². The van der Waals surface area contributed by atoms with Gasteiger partial charge in [0.05, 0.1) is 18.3 Å². The zero-order valence-corrected chi connectivity index (χ0v) is 19.1. The molecule has 0 aliphatic heterocycles. The summed E-state index contributed by atoms with van der Waals surface area (Å²) in [7, 11) is 0. The summed E-state index contributed by atoms with van der Waals surface area (Å²) < 4.78 is 50.0. The minimum absolute atomic E-state index is 0.0459. The SMILES string of the molecule is CCn1c(=O)c(-c2cc(C(=O)Cc3ccon3)cc(F)c2C)nc2cnn(-c3ccc(F)cc3F)c21. The molecule has 0 saturated heterocycles. The lowest BCUT2D eigenvalue weighted by molar-refractivity contribution is 0.0990. The van der Waals surface area contributed by atoms with Crippen molar-refractivity contribution in [3.63, 3.8) is 0 Å². The average Bonchev–Trinajstić information content (AvgIpc) is 3.50. The van der Waals surface area contributed by atoms with Crippen molar-refractivity contribution >= 4 is 16.9 Å². The Morgan fingerprint density at radius 1 is 1.08 bits per heavy atom. The van der Waals surface area contributed by atoms with Crippen LogP contribution in [0.2, 0.25) is 0 Å². The van der Waals surface area contributed by atoms with Crippen LogP contribution in [-0.4, -0.2) is 30.3 Å². The molecule has 3 aromatic heterocycles. The molecule has 0 spiro atoms. The van der Waals surface area contributed by atoms with E-state index in [-0.39, 0.29) is 52.2 Å². The van der Waals surface area contributed by atoms with E-state index in [1.807, 2.05) is 0 Å². The van der Waals surface area contributed by atoms with Crippen LogP contribution in [0.5, 0.6) is 0 Å². The number of hydrogen-bond donors (Lipinski definition) is 0. The van der Waals surface area contributed by atoms with Crippen LogP contribution in [0.15, 0.2) is 58.2 Å². The highest BCUT2D eigenvalue weighted by Gasteiger charge is 2.22. The Labute approximate surface area is 201 Å². The van der Waals surface area contributed by atoms with E-state index in [4.69, 9.17) is 4.52 Å². The lowest BCUT2D eigenvalue weighted by Crippen LogP contribution is -2.25.